The third-order valence-corrected chi connectivity index (χ3v) is 2.55. The molecule has 1 saturated carbocycles. The molecule has 0 aliphatic heterocycles. The van der Waals surface area contributed by atoms with Crippen molar-refractivity contribution < 1.29 is 6.17 Å². The predicted molar refractivity (Wildman–Crippen MR) is 52.7 cm³/mol. The van der Waals surface area contributed by atoms with E-state index in [9.17, 15) is 4.79 Å². The van der Waals surface area contributed by atoms with Gasteiger partial charge in [-0.2, -0.15) is 0 Å². The topological polar surface area (TPSA) is 17.1 Å². The standard InChI is InChI=1S/C12H14O/c13-12-8-4-7-11(9-12)10-5-2-1-3-6-10/h1-3,5-6,11H,4,7-9H2/t11-/m0/s1/i9D/t9-,11+/m1. The second-order valence-electron chi connectivity index (χ2n) is 3.54. The molecule has 0 N–H and O–H groups in total. The summed E-state index contributed by atoms with van der Waals surface area (Å²) < 4.78 is 7.82. The maximum atomic E-state index is 11.4. The first-order chi connectivity index (χ1) is 6.79. The van der Waals surface area contributed by atoms with E-state index in [2.05, 4.69) is 0 Å². The van der Waals surface area contributed by atoms with Crippen LogP contribution in [0, 0.1) is 0 Å². The summed E-state index contributed by atoms with van der Waals surface area (Å²) in [7, 11) is 0. The number of carbonyl (C=O) groups is 1. The Balaban J connectivity index is 2.22. The van der Waals surface area contributed by atoms with Crippen LogP contribution in [0.3, 0.4) is 0 Å². The van der Waals surface area contributed by atoms with E-state index in [0.717, 1.165) is 18.4 Å². The van der Waals surface area contributed by atoms with Gasteiger partial charge in [-0.15, -0.1) is 0 Å². The Kier molecular flexibility index (Phi) is 2.10. The van der Waals surface area contributed by atoms with Crippen LogP contribution < -0.4 is 0 Å². The summed E-state index contributed by atoms with van der Waals surface area (Å²) >= 11 is 0. The van der Waals surface area contributed by atoms with Crippen LogP contribution in [-0.4, -0.2) is 5.78 Å². The van der Waals surface area contributed by atoms with Crippen LogP contribution in [0.15, 0.2) is 30.3 Å². The Morgan fingerprint density at radius 2 is 2.08 bits per heavy atom. The van der Waals surface area contributed by atoms with Gasteiger partial charge in [0.25, 0.3) is 0 Å². The van der Waals surface area contributed by atoms with Gasteiger partial charge in [-0.25, -0.2) is 0 Å². The zero-order valence-electron chi connectivity index (χ0n) is 8.57. The van der Waals surface area contributed by atoms with Crippen molar-refractivity contribution >= 4 is 5.78 Å². The summed E-state index contributed by atoms with van der Waals surface area (Å²) in [4.78, 5) is 11.4. The third kappa shape index (κ3) is 1.97. The Morgan fingerprint density at radius 1 is 1.31 bits per heavy atom. The van der Waals surface area contributed by atoms with Crippen LogP contribution in [0.25, 0.3) is 0 Å². The molecule has 1 fully saturated rings. The van der Waals surface area contributed by atoms with Crippen molar-refractivity contribution in [1.82, 2.24) is 0 Å². The lowest BCUT2D eigenvalue weighted by Gasteiger charge is -2.20. The maximum absolute atomic E-state index is 11.4. The number of carbonyl (C=O) groups excluding carboxylic acids is 1. The van der Waals surface area contributed by atoms with Crippen molar-refractivity contribution in [1.29, 1.82) is 0 Å². The molecule has 1 aliphatic rings. The van der Waals surface area contributed by atoms with E-state index < -0.39 is 6.40 Å². The fourth-order valence-corrected chi connectivity index (χ4v) is 1.85. The van der Waals surface area contributed by atoms with Gasteiger partial charge in [-0.1, -0.05) is 30.3 Å². The average Bonchev–Trinajstić information content (AvgIpc) is 2.23. The summed E-state index contributed by atoms with van der Waals surface area (Å²) in [5, 5.41) is 0. The summed E-state index contributed by atoms with van der Waals surface area (Å²) in [6.07, 6.45) is 1.97. The number of rotatable bonds is 1. The molecule has 1 nitrogen and oxygen atoms in total. The van der Waals surface area contributed by atoms with E-state index in [1.165, 1.54) is 0 Å². The van der Waals surface area contributed by atoms with Gasteiger partial charge in [-0.3, -0.25) is 4.79 Å². The van der Waals surface area contributed by atoms with E-state index in [4.69, 9.17) is 1.37 Å². The number of Topliss-reactive ketones (excluding diaryl/α,β-unsaturated/α-hetero) is 1. The first kappa shape index (κ1) is 7.31. The highest BCUT2D eigenvalue weighted by atomic mass is 16.1. The molecule has 68 valence electrons. The van der Waals surface area contributed by atoms with E-state index in [-0.39, 0.29) is 11.7 Å². The van der Waals surface area contributed by atoms with Crippen LogP contribution in [0.4, 0.5) is 0 Å². The van der Waals surface area contributed by atoms with Crippen LogP contribution in [0.1, 0.15) is 38.5 Å². The smallest absolute Gasteiger partial charge is 0.133 e. The quantitative estimate of drug-likeness (QED) is 0.641. The van der Waals surface area contributed by atoms with Gasteiger partial charge < -0.3 is 0 Å². The summed E-state index contributed by atoms with van der Waals surface area (Å²) in [5.41, 5.74) is 1.14. The normalized spacial score (nSPS) is 29.8. The molecule has 0 amide bonds. The van der Waals surface area contributed by atoms with E-state index in [1.54, 1.807) is 0 Å². The second-order valence-corrected chi connectivity index (χ2v) is 3.54. The number of ketones is 1. The molecule has 2 atom stereocenters. The highest BCUT2D eigenvalue weighted by Crippen LogP contribution is 2.30. The molecule has 0 aromatic heterocycles. The molecule has 2 rings (SSSR count). The molecule has 0 unspecified atom stereocenters. The lowest BCUT2D eigenvalue weighted by molar-refractivity contribution is -0.120. The third-order valence-electron chi connectivity index (χ3n) is 2.55. The largest absolute Gasteiger partial charge is 0.300 e. The fraction of sp³-hybridized carbons (Fsp3) is 0.417. The molecule has 1 aromatic carbocycles. The second kappa shape index (κ2) is 3.73. The van der Waals surface area contributed by atoms with Gasteiger partial charge in [0, 0.05) is 14.2 Å². The molecule has 1 aromatic rings. The molecule has 13 heavy (non-hydrogen) atoms. The molecule has 1 aliphatic carbocycles. The molecule has 0 bridgehead atoms. The first-order valence-corrected chi connectivity index (χ1v) is 4.79. The Hall–Kier alpha value is -1.11. The molecule has 0 heterocycles. The number of benzene rings is 1. The molecular formula is C12H14O. The Morgan fingerprint density at radius 3 is 2.85 bits per heavy atom. The molecule has 0 saturated heterocycles. The Bertz CT molecular complexity index is 320. The van der Waals surface area contributed by atoms with E-state index in [1.807, 2.05) is 30.3 Å². The van der Waals surface area contributed by atoms with Gasteiger partial charge in [0.05, 0.1) is 0 Å². The predicted octanol–water partition coefficient (Wildman–Crippen LogP) is 2.91. The van der Waals surface area contributed by atoms with Crippen molar-refractivity contribution in [3.63, 3.8) is 0 Å². The van der Waals surface area contributed by atoms with Gasteiger partial charge >= 0.3 is 0 Å². The lowest BCUT2D eigenvalue weighted by atomic mass is 9.83. The minimum atomic E-state index is -0.536. The van der Waals surface area contributed by atoms with Crippen molar-refractivity contribution in [3.05, 3.63) is 35.9 Å². The lowest BCUT2D eigenvalue weighted by Crippen LogP contribution is -2.13. The molecule has 1 heteroatoms. The van der Waals surface area contributed by atoms with Gasteiger partial charge in [-0.05, 0) is 24.3 Å². The van der Waals surface area contributed by atoms with Crippen LogP contribution >= 0.6 is 0 Å². The van der Waals surface area contributed by atoms with Crippen molar-refractivity contribution in [2.75, 3.05) is 0 Å². The van der Waals surface area contributed by atoms with Crippen molar-refractivity contribution in [2.24, 2.45) is 0 Å². The zero-order chi connectivity index (χ0) is 9.97. The summed E-state index contributed by atoms with van der Waals surface area (Å²) in [5.74, 6) is 0.225. The van der Waals surface area contributed by atoms with Crippen LogP contribution in [0.2, 0.25) is 0 Å². The number of hydrogen-bond acceptors (Lipinski definition) is 1. The van der Waals surface area contributed by atoms with Crippen molar-refractivity contribution in [3.8, 4) is 0 Å². The average molecular weight is 175 g/mol. The highest BCUT2D eigenvalue weighted by molar-refractivity contribution is 5.80. The highest BCUT2D eigenvalue weighted by Gasteiger charge is 2.20. The van der Waals surface area contributed by atoms with E-state index >= 15 is 0 Å². The van der Waals surface area contributed by atoms with Gasteiger partial charge in [0.2, 0.25) is 0 Å². The summed E-state index contributed by atoms with van der Waals surface area (Å²) in [6, 6.07) is 9.95. The van der Waals surface area contributed by atoms with Crippen molar-refractivity contribution in [2.45, 2.75) is 31.6 Å². The van der Waals surface area contributed by atoms with Gasteiger partial charge in [0.1, 0.15) is 5.78 Å². The van der Waals surface area contributed by atoms with E-state index in [0.29, 0.717) is 6.42 Å². The SMILES string of the molecule is [2H][C@H]1C(=O)CCC[C@@H]1c1ccccc1. The molecular weight excluding hydrogens is 160 g/mol. The minimum absolute atomic E-state index is 0.102. The van der Waals surface area contributed by atoms with Gasteiger partial charge in [0.15, 0.2) is 0 Å². The van der Waals surface area contributed by atoms with Crippen LogP contribution in [-0.2, 0) is 4.79 Å². The number of hydrogen-bond donors (Lipinski definition) is 0. The molecule has 0 radical (unpaired) electrons. The summed E-state index contributed by atoms with van der Waals surface area (Å²) in [6.45, 7) is 0. The zero-order valence-corrected chi connectivity index (χ0v) is 7.57. The molecule has 0 spiro atoms. The van der Waals surface area contributed by atoms with Crippen LogP contribution in [0.5, 0.6) is 0 Å². The fourth-order valence-electron chi connectivity index (χ4n) is 1.85. The first-order valence-electron chi connectivity index (χ1n) is 5.36. The maximum Gasteiger partial charge on any atom is 0.133 e. The minimum Gasteiger partial charge on any atom is -0.300 e. The monoisotopic (exact) mass is 175 g/mol. The Labute approximate surface area is 80.2 Å².